The lowest BCUT2D eigenvalue weighted by Crippen LogP contribution is -2.54. The Labute approximate surface area is 115 Å². The standard InChI is InChI=1S/C14H22N2O2S/c1-3-16(4-2)14(11-15)9-10-19(17,18)13-8-6-5-7-12(13)14/h5-8H,3-4,9-11,15H2,1-2H3. The Kier molecular flexibility index (Phi) is 3.99. The van der Waals surface area contributed by atoms with Gasteiger partial charge in [0.1, 0.15) is 0 Å². The zero-order valence-electron chi connectivity index (χ0n) is 11.6. The van der Waals surface area contributed by atoms with Crippen LogP contribution in [0, 0.1) is 0 Å². The first-order valence-electron chi connectivity index (χ1n) is 6.79. The summed E-state index contributed by atoms with van der Waals surface area (Å²) in [5.41, 5.74) is 6.58. The van der Waals surface area contributed by atoms with Crippen LogP contribution in [0.2, 0.25) is 0 Å². The molecule has 1 aliphatic heterocycles. The van der Waals surface area contributed by atoms with Gasteiger partial charge in [-0.15, -0.1) is 0 Å². The van der Waals surface area contributed by atoms with Gasteiger partial charge in [0.2, 0.25) is 0 Å². The predicted octanol–water partition coefficient (Wildman–Crippen LogP) is 1.36. The van der Waals surface area contributed by atoms with Crippen molar-refractivity contribution >= 4 is 9.84 Å². The van der Waals surface area contributed by atoms with E-state index in [4.69, 9.17) is 5.73 Å². The fourth-order valence-electron chi connectivity index (χ4n) is 3.17. The van der Waals surface area contributed by atoms with Crippen molar-refractivity contribution in [1.82, 2.24) is 4.90 Å². The lowest BCUT2D eigenvalue weighted by molar-refractivity contribution is 0.0956. The first-order valence-corrected chi connectivity index (χ1v) is 8.44. The van der Waals surface area contributed by atoms with E-state index in [1.807, 2.05) is 12.1 Å². The highest BCUT2D eigenvalue weighted by atomic mass is 32.2. The van der Waals surface area contributed by atoms with Crippen LogP contribution >= 0.6 is 0 Å². The molecule has 1 heterocycles. The highest BCUT2D eigenvalue weighted by Gasteiger charge is 2.44. The number of hydrogen-bond donors (Lipinski definition) is 1. The van der Waals surface area contributed by atoms with Gasteiger partial charge in [0.25, 0.3) is 0 Å². The quantitative estimate of drug-likeness (QED) is 0.905. The van der Waals surface area contributed by atoms with Crippen LogP contribution in [0.4, 0.5) is 0 Å². The summed E-state index contributed by atoms with van der Waals surface area (Å²) in [4.78, 5) is 2.74. The molecule has 5 heteroatoms. The summed E-state index contributed by atoms with van der Waals surface area (Å²) in [6, 6.07) is 7.30. The van der Waals surface area contributed by atoms with E-state index >= 15 is 0 Å². The summed E-state index contributed by atoms with van der Waals surface area (Å²) in [7, 11) is -3.16. The van der Waals surface area contributed by atoms with E-state index in [2.05, 4.69) is 18.7 Å². The van der Waals surface area contributed by atoms with Gasteiger partial charge in [0.15, 0.2) is 9.84 Å². The molecule has 2 N–H and O–H groups in total. The summed E-state index contributed by atoms with van der Waals surface area (Å²) in [5, 5.41) is 0. The summed E-state index contributed by atoms with van der Waals surface area (Å²) in [6.45, 7) is 6.35. The van der Waals surface area contributed by atoms with Gasteiger partial charge in [-0.2, -0.15) is 0 Å². The maximum atomic E-state index is 12.2. The van der Waals surface area contributed by atoms with Crippen molar-refractivity contribution < 1.29 is 8.42 Å². The van der Waals surface area contributed by atoms with Crippen LogP contribution in [0.15, 0.2) is 29.2 Å². The Morgan fingerprint density at radius 3 is 2.47 bits per heavy atom. The monoisotopic (exact) mass is 282 g/mol. The average Bonchev–Trinajstić information content (AvgIpc) is 2.43. The minimum absolute atomic E-state index is 0.178. The van der Waals surface area contributed by atoms with Gasteiger partial charge in [0, 0.05) is 6.54 Å². The molecule has 0 radical (unpaired) electrons. The van der Waals surface area contributed by atoms with Crippen LogP contribution in [-0.4, -0.2) is 38.7 Å². The van der Waals surface area contributed by atoms with Crippen molar-refractivity contribution in [2.45, 2.75) is 30.7 Å². The number of sulfone groups is 1. The van der Waals surface area contributed by atoms with Gasteiger partial charge in [-0.25, -0.2) is 8.42 Å². The number of fused-ring (bicyclic) bond motifs is 1. The molecule has 0 spiro atoms. The molecule has 1 unspecified atom stereocenters. The lowest BCUT2D eigenvalue weighted by Gasteiger charge is -2.46. The first kappa shape index (κ1) is 14.5. The molecule has 0 aromatic heterocycles. The number of rotatable bonds is 4. The molecule has 4 nitrogen and oxygen atoms in total. The van der Waals surface area contributed by atoms with Crippen molar-refractivity contribution in [3.63, 3.8) is 0 Å². The fourth-order valence-corrected chi connectivity index (χ4v) is 4.87. The molecule has 106 valence electrons. The molecular formula is C14H22N2O2S. The second-order valence-corrected chi connectivity index (χ2v) is 7.05. The molecule has 0 fully saturated rings. The molecule has 0 saturated carbocycles. The predicted molar refractivity (Wildman–Crippen MR) is 76.8 cm³/mol. The maximum Gasteiger partial charge on any atom is 0.178 e. The van der Waals surface area contributed by atoms with Crippen molar-refractivity contribution in [3.05, 3.63) is 29.8 Å². The van der Waals surface area contributed by atoms with Crippen LogP contribution < -0.4 is 5.73 Å². The molecule has 19 heavy (non-hydrogen) atoms. The van der Waals surface area contributed by atoms with Crippen molar-refractivity contribution in [1.29, 1.82) is 0 Å². The molecule has 0 saturated heterocycles. The van der Waals surface area contributed by atoms with Gasteiger partial charge in [-0.05, 0) is 31.1 Å². The second kappa shape index (κ2) is 5.23. The third-order valence-electron chi connectivity index (χ3n) is 4.21. The number of nitrogens with zero attached hydrogens (tertiary/aromatic N) is 1. The molecule has 2 rings (SSSR count). The average molecular weight is 282 g/mol. The molecule has 0 amide bonds. The highest BCUT2D eigenvalue weighted by Crippen LogP contribution is 2.40. The second-order valence-electron chi connectivity index (χ2n) is 4.97. The summed E-state index contributed by atoms with van der Waals surface area (Å²) >= 11 is 0. The molecule has 0 bridgehead atoms. The molecule has 1 aromatic carbocycles. The Hall–Kier alpha value is -0.910. The van der Waals surface area contributed by atoms with E-state index < -0.39 is 9.84 Å². The Balaban J connectivity index is 2.66. The van der Waals surface area contributed by atoms with Crippen LogP contribution in [0.1, 0.15) is 25.8 Å². The largest absolute Gasteiger partial charge is 0.328 e. The third kappa shape index (κ3) is 2.20. The Morgan fingerprint density at radius 1 is 1.26 bits per heavy atom. The highest BCUT2D eigenvalue weighted by molar-refractivity contribution is 7.91. The minimum Gasteiger partial charge on any atom is -0.328 e. The van der Waals surface area contributed by atoms with Gasteiger partial charge in [-0.3, -0.25) is 4.90 Å². The SMILES string of the molecule is CCN(CC)C1(CN)CCS(=O)(=O)c2ccccc21. The summed E-state index contributed by atoms with van der Waals surface area (Å²) < 4.78 is 24.4. The van der Waals surface area contributed by atoms with Gasteiger partial charge >= 0.3 is 0 Å². The molecule has 1 aromatic rings. The van der Waals surface area contributed by atoms with Crippen molar-refractivity contribution in [2.75, 3.05) is 25.4 Å². The van der Waals surface area contributed by atoms with Crippen molar-refractivity contribution in [2.24, 2.45) is 5.73 Å². The minimum atomic E-state index is -3.16. The Morgan fingerprint density at radius 2 is 1.89 bits per heavy atom. The van der Waals surface area contributed by atoms with Gasteiger partial charge < -0.3 is 5.73 Å². The first-order chi connectivity index (χ1) is 9.01. The normalized spacial score (nSPS) is 25.3. The maximum absolute atomic E-state index is 12.2. The Bertz CT molecular complexity index is 552. The number of nitrogens with two attached hydrogens (primary N) is 1. The van der Waals surface area contributed by atoms with E-state index in [1.165, 1.54) is 0 Å². The van der Waals surface area contributed by atoms with E-state index in [1.54, 1.807) is 12.1 Å². The van der Waals surface area contributed by atoms with Crippen LogP contribution in [0.3, 0.4) is 0 Å². The smallest absolute Gasteiger partial charge is 0.178 e. The summed E-state index contributed by atoms with van der Waals surface area (Å²) in [6.07, 6.45) is 0.574. The topological polar surface area (TPSA) is 63.4 Å². The van der Waals surface area contributed by atoms with Crippen LogP contribution in [-0.2, 0) is 15.4 Å². The fraction of sp³-hybridized carbons (Fsp3) is 0.571. The van der Waals surface area contributed by atoms with Crippen LogP contribution in [0.5, 0.6) is 0 Å². The van der Waals surface area contributed by atoms with E-state index in [9.17, 15) is 8.42 Å². The number of benzene rings is 1. The number of hydrogen-bond acceptors (Lipinski definition) is 4. The third-order valence-corrected chi connectivity index (χ3v) is 5.98. The molecule has 0 aliphatic carbocycles. The zero-order valence-corrected chi connectivity index (χ0v) is 12.4. The lowest BCUT2D eigenvalue weighted by atomic mass is 9.84. The van der Waals surface area contributed by atoms with Gasteiger partial charge in [0.05, 0.1) is 16.2 Å². The molecular weight excluding hydrogens is 260 g/mol. The van der Waals surface area contributed by atoms with Crippen molar-refractivity contribution in [3.8, 4) is 0 Å². The van der Waals surface area contributed by atoms with Crippen LogP contribution in [0.25, 0.3) is 0 Å². The van der Waals surface area contributed by atoms with Gasteiger partial charge in [-0.1, -0.05) is 32.0 Å². The van der Waals surface area contributed by atoms with E-state index in [-0.39, 0.29) is 11.3 Å². The number of likely N-dealkylation sites (N-methyl/N-ethyl adjacent to an activating group) is 1. The van der Waals surface area contributed by atoms with E-state index in [0.717, 1.165) is 18.7 Å². The van der Waals surface area contributed by atoms with E-state index in [0.29, 0.717) is 17.9 Å². The molecule has 1 aliphatic rings. The summed E-state index contributed by atoms with van der Waals surface area (Å²) in [5.74, 6) is 0.178. The molecule has 1 atom stereocenters. The zero-order chi connectivity index (χ0) is 14.1.